The average Bonchev–Trinajstić information content (AvgIpc) is 4.10. The quantitative estimate of drug-likeness (QED) is 0.232. The molecule has 0 unspecified atom stereocenters. The summed E-state index contributed by atoms with van der Waals surface area (Å²) in [5.74, 6) is 0. The van der Waals surface area contributed by atoms with Crippen molar-refractivity contribution in [2.75, 3.05) is 88.3 Å². The minimum atomic E-state index is -4.48. The number of carbonyl (C=O) groups is 3. The predicted molar refractivity (Wildman–Crippen MR) is 247 cm³/mol. The van der Waals surface area contributed by atoms with Crippen LogP contribution in [0.15, 0.2) is 36.4 Å². The summed E-state index contributed by atoms with van der Waals surface area (Å²) >= 11 is 0. The summed E-state index contributed by atoms with van der Waals surface area (Å²) in [6.45, 7) is 21.5. The van der Waals surface area contributed by atoms with Gasteiger partial charge in [-0.25, -0.2) is 9.59 Å². The van der Waals surface area contributed by atoms with E-state index in [4.69, 9.17) is 9.47 Å². The molecule has 0 saturated carbocycles. The van der Waals surface area contributed by atoms with E-state index < -0.39 is 29.1 Å². The highest BCUT2D eigenvalue weighted by atomic mass is 19.4. The zero-order chi connectivity index (χ0) is 48.8. The normalized spacial score (nSPS) is 21.0. The van der Waals surface area contributed by atoms with E-state index in [0.717, 1.165) is 122 Å². The van der Waals surface area contributed by atoms with Gasteiger partial charge in [0.05, 0.1) is 11.1 Å². The van der Waals surface area contributed by atoms with Gasteiger partial charge >= 0.3 is 24.5 Å². The van der Waals surface area contributed by atoms with Crippen LogP contribution in [0.1, 0.15) is 133 Å². The van der Waals surface area contributed by atoms with Gasteiger partial charge in [0.2, 0.25) is 0 Å². The van der Waals surface area contributed by atoms with Crippen LogP contribution in [0.2, 0.25) is 0 Å². The van der Waals surface area contributed by atoms with Gasteiger partial charge < -0.3 is 34.4 Å². The molecular weight excluding hydrogens is 879 g/mol. The van der Waals surface area contributed by atoms with Crippen LogP contribution in [0.4, 0.5) is 47.3 Å². The van der Waals surface area contributed by atoms with Crippen LogP contribution < -0.4 is 15.1 Å². The Morgan fingerprint density at radius 3 is 1.51 bits per heavy atom. The van der Waals surface area contributed by atoms with Crippen LogP contribution in [0, 0.1) is 10.8 Å². The van der Waals surface area contributed by atoms with E-state index in [1.54, 1.807) is 11.0 Å². The fourth-order valence-corrected chi connectivity index (χ4v) is 10.4. The highest BCUT2D eigenvalue weighted by molar-refractivity contribution is 5.87. The van der Waals surface area contributed by atoms with Crippen LogP contribution in [0.25, 0.3) is 0 Å². The summed E-state index contributed by atoms with van der Waals surface area (Å²) in [6.07, 6.45) is 1.15. The van der Waals surface area contributed by atoms with Crippen molar-refractivity contribution in [3.63, 3.8) is 0 Å². The van der Waals surface area contributed by atoms with Crippen LogP contribution in [0.5, 0.6) is 0 Å². The minimum Gasteiger partial charge on any atom is -0.444 e. The number of ether oxygens (including phenoxy) is 2. The lowest BCUT2D eigenvalue weighted by molar-refractivity contribution is -0.139. The van der Waals surface area contributed by atoms with E-state index in [9.17, 15) is 40.7 Å². The molecule has 2 amide bonds. The zero-order valence-corrected chi connectivity index (χ0v) is 40.4. The first-order valence-corrected chi connectivity index (χ1v) is 24.1. The number of nitrogens with one attached hydrogen (secondary N) is 1. The number of hydrogen-bond acceptors (Lipinski definition) is 9. The molecule has 6 saturated heterocycles. The first-order chi connectivity index (χ1) is 31.4. The Hall–Kier alpha value is -4.25. The number of piperidine rings is 2. The molecule has 0 bridgehead atoms. The molecule has 0 aliphatic carbocycles. The fourth-order valence-electron chi connectivity index (χ4n) is 10.4. The molecule has 2 aromatic rings. The number of anilines is 2. The Bertz CT molecular complexity index is 1980. The minimum absolute atomic E-state index is 0.0689. The second-order valence-corrected chi connectivity index (χ2v) is 21.4. The molecule has 0 aromatic heterocycles. The maximum absolute atomic E-state index is 13.9. The molecular formula is C50H72F6N6O5. The second-order valence-electron chi connectivity index (χ2n) is 21.4. The highest BCUT2D eigenvalue weighted by Gasteiger charge is 2.44. The number of likely N-dealkylation sites (tertiary alicyclic amines) is 3. The molecule has 6 fully saturated rings. The maximum Gasteiger partial charge on any atom is 0.417 e. The number of benzene rings is 2. The molecule has 67 heavy (non-hydrogen) atoms. The average molecular weight is 951 g/mol. The molecule has 0 atom stereocenters. The highest BCUT2D eigenvalue weighted by Crippen LogP contribution is 2.44. The first-order valence-electron chi connectivity index (χ1n) is 24.1. The lowest BCUT2D eigenvalue weighted by Gasteiger charge is -2.39. The summed E-state index contributed by atoms with van der Waals surface area (Å²) < 4.78 is 90.7. The number of hydrogen-bond donors (Lipinski definition) is 1. The van der Waals surface area contributed by atoms with Gasteiger partial charge in [-0.15, -0.1) is 0 Å². The number of rotatable bonds is 5. The van der Waals surface area contributed by atoms with E-state index in [0.29, 0.717) is 55.7 Å². The molecule has 17 heteroatoms. The molecule has 374 valence electrons. The van der Waals surface area contributed by atoms with Crippen LogP contribution >= 0.6 is 0 Å². The van der Waals surface area contributed by atoms with Gasteiger partial charge in [-0.3, -0.25) is 9.69 Å². The van der Waals surface area contributed by atoms with Gasteiger partial charge in [0, 0.05) is 94.5 Å². The number of aldehydes is 1. The summed E-state index contributed by atoms with van der Waals surface area (Å²) in [5, 5.41) is 3.43. The van der Waals surface area contributed by atoms with Crippen molar-refractivity contribution >= 4 is 29.8 Å². The molecule has 8 rings (SSSR count). The number of carbonyl (C=O) groups excluding carboxylic acids is 3. The maximum atomic E-state index is 13.9. The Morgan fingerprint density at radius 2 is 1.06 bits per heavy atom. The summed E-state index contributed by atoms with van der Waals surface area (Å²) in [6, 6.07) is 8.48. The Morgan fingerprint density at radius 1 is 0.612 bits per heavy atom. The van der Waals surface area contributed by atoms with Gasteiger partial charge in [0.15, 0.2) is 6.29 Å². The second kappa shape index (κ2) is 21.2. The topological polar surface area (TPSA) is 97.9 Å². The molecule has 6 heterocycles. The Balaban J connectivity index is 0.000000183. The first kappa shape index (κ1) is 52.1. The Kier molecular flexibility index (Phi) is 16.5. The molecule has 6 aliphatic rings. The molecule has 11 nitrogen and oxygen atoms in total. The fraction of sp³-hybridized carbons (Fsp3) is 0.700. The monoisotopic (exact) mass is 951 g/mol. The van der Waals surface area contributed by atoms with Gasteiger partial charge in [0.25, 0.3) is 0 Å². The van der Waals surface area contributed by atoms with Crippen molar-refractivity contribution in [1.29, 1.82) is 0 Å². The smallest absolute Gasteiger partial charge is 0.417 e. The van der Waals surface area contributed by atoms with Crippen molar-refractivity contribution in [3.05, 3.63) is 58.7 Å². The van der Waals surface area contributed by atoms with E-state index in [1.807, 2.05) is 57.4 Å². The van der Waals surface area contributed by atoms with Gasteiger partial charge in [0.1, 0.15) is 11.2 Å². The SMILES string of the molecule is CC(C)(C)OC(=O)N1CCC2(CCN(Cc3c(N4CCCC4)cccc3C(F)(F)F)C2)CC1.CC(C)(C)OC(=O)N1CCC2(CCNC2)CC1.O=Cc1c(N2CCCC2)cccc1C(F)(F)F. The van der Waals surface area contributed by atoms with Crippen molar-refractivity contribution < 1.29 is 50.2 Å². The zero-order valence-electron chi connectivity index (χ0n) is 40.4. The van der Waals surface area contributed by atoms with Gasteiger partial charge in [-0.1, -0.05) is 12.1 Å². The van der Waals surface area contributed by atoms with Crippen molar-refractivity contribution in [1.82, 2.24) is 20.0 Å². The number of halogens is 6. The van der Waals surface area contributed by atoms with E-state index in [2.05, 4.69) is 15.1 Å². The third kappa shape index (κ3) is 13.9. The van der Waals surface area contributed by atoms with Crippen molar-refractivity contribution in [2.45, 2.75) is 136 Å². The van der Waals surface area contributed by atoms with Crippen molar-refractivity contribution in [3.8, 4) is 0 Å². The number of amides is 2. The van der Waals surface area contributed by atoms with Crippen molar-refractivity contribution in [2.24, 2.45) is 10.8 Å². The van der Waals surface area contributed by atoms with Crippen LogP contribution in [-0.2, 0) is 28.4 Å². The molecule has 6 aliphatic heterocycles. The van der Waals surface area contributed by atoms with Crippen LogP contribution in [0.3, 0.4) is 0 Å². The predicted octanol–water partition coefficient (Wildman–Crippen LogP) is 10.6. The lowest BCUT2D eigenvalue weighted by atomic mass is 9.78. The standard InChI is InChI=1S/C25H36F3N3O2.C13H24N2O2.C12H12F3NO/c1-23(2,3)33-22(32)31-15-10-24(11-16-31)9-14-29(18-24)17-19-20(25(26,27)28)7-6-8-21(19)30-12-4-5-13-30;1-12(2,3)17-11(16)15-8-5-13(6-9-15)4-7-14-10-13;13-12(14,15)10-4-3-5-11(9(10)8-17)16-6-1-2-7-16/h6-8H,4-5,9-18H2,1-3H3;14H,4-10H2,1-3H3;3-5,8H,1-2,6-7H2. The van der Waals surface area contributed by atoms with E-state index in [-0.39, 0.29) is 28.8 Å². The molecule has 2 spiro atoms. The summed E-state index contributed by atoms with van der Waals surface area (Å²) in [5.41, 5.74) is -0.439. The third-order valence-corrected chi connectivity index (χ3v) is 14.0. The summed E-state index contributed by atoms with van der Waals surface area (Å²) in [7, 11) is 0. The van der Waals surface area contributed by atoms with E-state index in [1.165, 1.54) is 24.6 Å². The number of nitrogens with zero attached hydrogens (tertiary/aromatic N) is 5. The van der Waals surface area contributed by atoms with Gasteiger partial charge in [-0.2, -0.15) is 26.3 Å². The van der Waals surface area contributed by atoms with Gasteiger partial charge in [-0.05, 0) is 154 Å². The summed E-state index contributed by atoms with van der Waals surface area (Å²) in [4.78, 5) is 45.0. The molecule has 2 aromatic carbocycles. The lowest BCUT2D eigenvalue weighted by Crippen LogP contribution is -2.46. The molecule has 1 N–H and O–H groups in total. The van der Waals surface area contributed by atoms with E-state index >= 15 is 0 Å². The molecule has 0 radical (unpaired) electrons. The Labute approximate surface area is 392 Å². The third-order valence-electron chi connectivity index (χ3n) is 14.0. The van der Waals surface area contributed by atoms with Crippen LogP contribution in [-0.4, -0.2) is 123 Å². The largest absolute Gasteiger partial charge is 0.444 e. The number of alkyl halides is 6.